The Kier molecular flexibility index (Phi) is 4.64. The lowest BCUT2D eigenvalue weighted by molar-refractivity contribution is -0.147. The van der Waals surface area contributed by atoms with Crippen molar-refractivity contribution in [1.82, 2.24) is 0 Å². The summed E-state index contributed by atoms with van der Waals surface area (Å²) in [6, 6.07) is 7.09. The third-order valence-corrected chi connectivity index (χ3v) is 1.80. The fourth-order valence-electron chi connectivity index (χ4n) is 1.18. The number of hydrogen-bond donors (Lipinski definition) is 1. The van der Waals surface area contributed by atoms with Gasteiger partial charge >= 0.3 is 5.97 Å². The summed E-state index contributed by atoms with van der Waals surface area (Å²) >= 11 is 0. The van der Waals surface area contributed by atoms with Crippen molar-refractivity contribution in [1.29, 1.82) is 0 Å². The van der Waals surface area contributed by atoms with Crippen LogP contribution >= 0.6 is 0 Å². The third kappa shape index (κ3) is 4.68. The lowest BCUT2D eigenvalue weighted by Crippen LogP contribution is -2.14. The summed E-state index contributed by atoms with van der Waals surface area (Å²) < 4.78 is 10.3. The molecule has 0 aromatic heterocycles. The van der Waals surface area contributed by atoms with Crippen LogP contribution in [0.3, 0.4) is 0 Å². The average Bonchev–Trinajstić information content (AvgIpc) is 2.16. The molecule has 0 heterocycles. The predicted octanol–water partition coefficient (Wildman–Crippen LogP) is 1.99. The highest BCUT2D eigenvalue weighted by molar-refractivity contribution is 5.69. The molecule has 1 aromatic carbocycles. The summed E-state index contributed by atoms with van der Waals surface area (Å²) in [5.74, 6) is 0.413. The van der Waals surface area contributed by atoms with Gasteiger partial charge in [-0.3, -0.25) is 4.79 Å². The average molecular weight is 223 g/mol. The Morgan fingerprint density at radius 2 is 2.19 bits per heavy atom. The van der Waals surface area contributed by atoms with Crippen LogP contribution in [-0.4, -0.2) is 18.7 Å². The van der Waals surface area contributed by atoms with Gasteiger partial charge in [0.2, 0.25) is 0 Å². The fourth-order valence-corrected chi connectivity index (χ4v) is 1.18. The second kappa shape index (κ2) is 6.00. The van der Waals surface area contributed by atoms with Crippen LogP contribution in [0, 0.1) is 0 Å². The Bertz CT molecular complexity index is 350. The molecule has 0 aliphatic heterocycles. The van der Waals surface area contributed by atoms with E-state index in [9.17, 15) is 4.79 Å². The summed E-state index contributed by atoms with van der Waals surface area (Å²) in [7, 11) is 0. The third-order valence-electron chi connectivity index (χ3n) is 1.80. The molecule has 0 aliphatic rings. The Morgan fingerprint density at radius 1 is 1.44 bits per heavy atom. The Hall–Kier alpha value is -1.71. The van der Waals surface area contributed by atoms with Gasteiger partial charge in [0.15, 0.2) is 0 Å². The zero-order valence-electron chi connectivity index (χ0n) is 9.60. The molecule has 0 aliphatic carbocycles. The van der Waals surface area contributed by atoms with Gasteiger partial charge < -0.3 is 15.2 Å². The van der Waals surface area contributed by atoms with Crippen LogP contribution in [0.4, 0.5) is 5.69 Å². The maximum Gasteiger partial charge on any atom is 0.309 e. The number of carbonyl (C=O) groups is 1. The SMILES string of the molecule is CC(C)OC(=O)CCOc1cccc(N)c1. The minimum absolute atomic E-state index is 0.0835. The first-order valence-corrected chi connectivity index (χ1v) is 5.26. The minimum Gasteiger partial charge on any atom is -0.493 e. The van der Waals surface area contributed by atoms with E-state index < -0.39 is 0 Å². The highest BCUT2D eigenvalue weighted by Gasteiger charge is 2.05. The van der Waals surface area contributed by atoms with E-state index in [2.05, 4.69) is 0 Å². The molecular weight excluding hydrogens is 206 g/mol. The van der Waals surface area contributed by atoms with Gasteiger partial charge in [-0.2, -0.15) is 0 Å². The van der Waals surface area contributed by atoms with E-state index in [-0.39, 0.29) is 18.5 Å². The molecule has 0 atom stereocenters. The van der Waals surface area contributed by atoms with Gasteiger partial charge in [-0.05, 0) is 26.0 Å². The number of carbonyl (C=O) groups excluding carboxylic acids is 1. The van der Waals surface area contributed by atoms with Crippen LogP contribution in [0.5, 0.6) is 5.75 Å². The van der Waals surface area contributed by atoms with Crippen molar-refractivity contribution in [3.8, 4) is 5.75 Å². The Morgan fingerprint density at radius 3 is 2.81 bits per heavy atom. The zero-order chi connectivity index (χ0) is 12.0. The predicted molar refractivity (Wildman–Crippen MR) is 62.2 cm³/mol. The molecule has 0 saturated carbocycles. The van der Waals surface area contributed by atoms with E-state index in [0.29, 0.717) is 18.0 Å². The van der Waals surface area contributed by atoms with Gasteiger partial charge in [0, 0.05) is 11.8 Å². The Labute approximate surface area is 95.3 Å². The molecule has 0 fully saturated rings. The monoisotopic (exact) mass is 223 g/mol. The van der Waals surface area contributed by atoms with Gasteiger partial charge in [0.1, 0.15) is 5.75 Å². The van der Waals surface area contributed by atoms with Gasteiger partial charge in [0.25, 0.3) is 0 Å². The molecule has 0 radical (unpaired) electrons. The first-order valence-electron chi connectivity index (χ1n) is 5.26. The molecule has 1 aromatic rings. The first-order chi connectivity index (χ1) is 7.58. The van der Waals surface area contributed by atoms with Gasteiger partial charge in [0.05, 0.1) is 19.1 Å². The van der Waals surface area contributed by atoms with Crippen molar-refractivity contribution in [2.75, 3.05) is 12.3 Å². The molecule has 2 N–H and O–H groups in total. The fraction of sp³-hybridized carbons (Fsp3) is 0.417. The molecule has 0 amide bonds. The van der Waals surface area contributed by atoms with Crippen LogP contribution in [-0.2, 0) is 9.53 Å². The number of esters is 1. The quantitative estimate of drug-likeness (QED) is 0.612. The molecule has 88 valence electrons. The number of nitrogens with two attached hydrogens (primary N) is 1. The van der Waals surface area contributed by atoms with Crippen molar-refractivity contribution in [3.63, 3.8) is 0 Å². The van der Waals surface area contributed by atoms with Crippen molar-refractivity contribution >= 4 is 11.7 Å². The van der Waals surface area contributed by atoms with E-state index in [1.54, 1.807) is 24.3 Å². The molecule has 4 nitrogen and oxygen atoms in total. The number of rotatable bonds is 5. The topological polar surface area (TPSA) is 61.5 Å². The second-order valence-corrected chi connectivity index (χ2v) is 3.71. The lowest BCUT2D eigenvalue weighted by atomic mass is 10.3. The highest BCUT2D eigenvalue weighted by Crippen LogP contribution is 2.14. The van der Waals surface area contributed by atoms with Crippen LogP contribution in [0.1, 0.15) is 20.3 Å². The number of nitrogen functional groups attached to an aromatic ring is 1. The number of hydrogen-bond acceptors (Lipinski definition) is 4. The van der Waals surface area contributed by atoms with E-state index in [4.69, 9.17) is 15.2 Å². The van der Waals surface area contributed by atoms with Crippen LogP contribution < -0.4 is 10.5 Å². The zero-order valence-corrected chi connectivity index (χ0v) is 9.60. The van der Waals surface area contributed by atoms with Gasteiger partial charge in [-0.1, -0.05) is 6.07 Å². The molecule has 4 heteroatoms. The number of ether oxygens (including phenoxy) is 2. The summed E-state index contributed by atoms with van der Waals surface area (Å²) in [6.07, 6.45) is 0.160. The van der Waals surface area contributed by atoms with Crippen molar-refractivity contribution in [2.45, 2.75) is 26.4 Å². The number of benzene rings is 1. The molecular formula is C12H17NO3. The number of anilines is 1. The highest BCUT2D eigenvalue weighted by atomic mass is 16.5. The van der Waals surface area contributed by atoms with E-state index in [1.807, 2.05) is 13.8 Å². The normalized spacial score (nSPS) is 10.2. The second-order valence-electron chi connectivity index (χ2n) is 3.71. The molecule has 1 rings (SSSR count). The first kappa shape index (κ1) is 12.4. The summed E-state index contributed by atoms with van der Waals surface area (Å²) in [5, 5.41) is 0. The van der Waals surface area contributed by atoms with Gasteiger partial charge in [-0.15, -0.1) is 0 Å². The van der Waals surface area contributed by atoms with E-state index in [1.165, 1.54) is 0 Å². The minimum atomic E-state index is -0.251. The van der Waals surface area contributed by atoms with Crippen LogP contribution in [0.25, 0.3) is 0 Å². The smallest absolute Gasteiger partial charge is 0.309 e. The Balaban J connectivity index is 2.28. The van der Waals surface area contributed by atoms with E-state index in [0.717, 1.165) is 0 Å². The van der Waals surface area contributed by atoms with Crippen molar-refractivity contribution in [3.05, 3.63) is 24.3 Å². The summed E-state index contributed by atoms with van der Waals surface area (Å²) in [5.41, 5.74) is 6.23. The molecule has 0 saturated heterocycles. The maximum absolute atomic E-state index is 11.2. The lowest BCUT2D eigenvalue weighted by Gasteiger charge is -2.09. The molecule has 16 heavy (non-hydrogen) atoms. The largest absolute Gasteiger partial charge is 0.493 e. The standard InChI is InChI=1S/C12H17NO3/c1-9(2)16-12(14)6-7-15-11-5-3-4-10(13)8-11/h3-5,8-9H,6-7,13H2,1-2H3. The van der Waals surface area contributed by atoms with Crippen molar-refractivity contribution in [2.24, 2.45) is 0 Å². The van der Waals surface area contributed by atoms with Gasteiger partial charge in [-0.25, -0.2) is 0 Å². The van der Waals surface area contributed by atoms with E-state index >= 15 is 0 Å². The summed E-state index contributed by atoms with van der Waals surface area (Å²) in [4.78, 5) is 11.2. The van der Waals surface area contributed by atoms with Crippen molar-refractivity contribution < 1.29 is 14.3 Å². The molecule has 0 bridgehead atoms. The molecule has 0 unspecified atom stereocenters. The van der Waals surface area contributed by atoms with Crippen LogP contribution in [0.15, 0.2) is 24.3 Å². The maximum atomic E-state index is 11.2. The molecule has 0 spiro atoms. The van der Waals surface area contributed by atoms with Crippen LogP contribution in [0.2, 0.25) is 0 Å². The summed E-state index contributed by atoms with van der Waals surface area (Å²) in [6.45, 7) is 3.93.